The molecular weight excluding hydrogens is 430 g/mol. The van der Waals surface area contributed by atoms with Crippen LogP contribution in [-0.2, 0) is 19.6 Å². The molecule has 0 radical (unpaired) electrons. The van der Waals surface area contributed by atoms with Gasteiger partial charge in [-0.3, -0.25) is 9.69 Å². The molecule has 2 unspecified atom stereocenters. The van der Waals surface area contributed by atoms with Crippen molar-refractivity contribution in [1.82, 2.24) is 9.21 Å². The number of sulfonamides is 1. The van der Waals surface area contributed by atoms with Crippen LogP contribution in [0.4, 0.5) is 10.5 Å². The lowest BCUT2D eigenvalue weighted by atomic mass is 9.95. The third kappa shape index (κ3) is 4.58. The van der Waals surface area contributed by atoms with Crippen LogP contribution in [0, 0.1) is 5.92 Å². The van der Waals surface area contributed by atoms with Crippen molar-refractivity contribution in [3.05, 3.63) is 23.2 Å². The molecule has 1 aromatic carbocycles. The quantitative estimate of drug-likeness (QED) is 0.706. The molecule has 0 saturated carbocycles. The van der Waals surface area contributed by atoms with E-state index in [9.17, 15) is 18.0 Å². The maximum absolute atomic E-state index is 13.1. The number of carbonyl (C=O) groups excluding carboxylic acids is 2. The Kier molecular flexibility index (Phi) is 6.94. The smallest absolute Gasteiger partial charge is 0.410 e. The molecule has 8 nitrogen and oxygen atoms in total. The normalized spacial score (nSPS) is 22.1. The van der Waals surface area contributed by atoms with Gasteiger partial charge in [-0.1, -0.05) is 31.9 Å². The first-order valence-electron chi connectivity index (χ1n) is 10.2. The van der Waals surface area contributed by atoms with Gasteiger partial charge in [0.2, 0.25) is 15.9 Å². The van der Waals surface area contributed by atoms with E-state index in [1.54, 1.807) is 0 Å². The van der Waals surface area contributed by atoms with Crippen molar-refractivity contribution in [3.63, 3.8) is 0 Å². The number of piperidine rings is 1. The van der Waals surface area contributed by atoms with Crippen LogP contribution in [0.5, 0.6) is 0 Å². The summed E-state index contributed by atoms with van der Waals surface area (Å²) in [6, 6.07) is 4.28. The number of amides is 2. The van der Waals surface area contributed by atoms with E-state index < -0.39 is 10.0 Å². The van der Waals surface area contributed by atoms with E-state index in [-0.39, 0.29) is 34.0 Å². The van der Waals surface area contributed by atoms with Crippen LogP contribution in [0.3, 0.4) is 0 Å². The zero-order chi connectivity index (χ0) is 22.1. The van der Waals surface area contributed by atoms with Crippen LogP contribution < -0.4 is 5.32 Å². The molecule has 1 aromatic rings. The van der Waals surface area contributed by atoms with Gasteiger partial charge in [-0.2, -0.15) is 4.31 Å². The van der Waals surface area contributed by atoms with Gasteiger partial charge in [0.1, 0.15) is 6.61 Å². The number of hydrogen-bond donors (Lipinski definition) is 1. The van der Waals surface area contributed by atoms with Gasteiger partial charge < -0.3 is 10.1 Å². The first-order chi connectivity index (χ1) is 14.1. The predicted octanol–water partition coefficient (Wildman–Crippen LogP) is 3.32. The summed E-state index contributed by atoms with van der Waals surface area (Å²) in [6.07, 6.45) is 1.75. The monoisotopic (exact) mass is 457 g/mol. The van der Waals surface area contributed by atoms with Crippen molar-refractivity contribution in [3.8, 4) is 0 Å². The second-order valence-electron chi connectivity index (χ2n) is 7.90. The molecule has 0 spiro atoms. The Bertz CT molecular complexity index is 915. The number of hydrogen-bond acceptors (Lipinski definition) is 5. The highest BCUT2D eigenvalue weighted by atomic mass is 35.5. The van der Waals surface area contributed by atoms with E-state index in [0.29, 0.717) is 44.1 Å². The van der Waals surface area contributed by atoms with Crippen LogP contribution in [0.1, 0.15) is 40.0 Å². The van der Waals surface area contributed by atoms with Crippen molar-refractivity contribution in [2.45, 2.75) is 57.0 Å². The van der Waals surface area contributed by atoms with E-state index in [1.807, 2.05) is 4.90 Å². The Morgan fingerprint density at radius 2 is 2.00 bits per heavy atom. The topological polar surface area (TPSA) is 96.0 Å². The summed E-state index contributed by atoms with van der Waals surface area (Å²) in [6.45, 7) is 6.57. The molecule has 1 N–H and O–H groups in total. The number of nitrogens with zero attached hydrogens (tertiary/aromatic N) is 2. The van der Waals surface area contributed by atoms with Crippen molar-refractivity contribution in [2.24, 2.45) is 5.92 Å². The summed E-state index contributed by atoms with van der Waals surface area (Å²) in [5, 5.41) is 2.73. The Hall–Kier alpha value is -1.84. The van der Waals surface area contributed by atoms with E-state index in [4.69, 9.17) is 16.3 Å². The first-order valence-corrected chi connectivity index (χ1v) is 12.0. The number of nitrogens with one attached hydrogen (secondary N) is 1. The third-order valence-corrected chi connectivity index (χ3v) is 8.16. The molecule has 0 aliphatic carbocycles. The Labute approximate surface area is 182 Å². The molecule has 166 valence electrons. The lowest BCUT2D eigenvalue weighted by molar-refractivity contribution is -0.114. The summed E-state index contributed by atoms with van der Waals surface area (Å²) >= 11 is 6.15. The number of ether oxygens (including phenoxy) is 1. The Morgan fingerprint density at radius 3 is 2.57 bits per heavy atom. The third-order valence-electron chi connectivity index (χ3n) is 5.95. The lowest BCUT2D eigenvalue weighted by Gasteiger charge is -2.38. The molecule has 2 atom stereocenters. The van der Waals surface area contributed by atoms with Gasteiger partial charge in [0, 0.05) is 26.1 Å². The Morgan fingerprint density at radius 1 is 1.33 bits per heavy atom. The summed E-state index contributed by atoms with van der Waals surface area (Å²) in [5.74, 6) is 0.0354. The second kappa shape index (κ2) is 9.11. The van der Waals surface area contributed by atoms with Crippen molar-refractivity contribution < 1.29 is 22.7 Å². The molecule has 3 rings (SSSR count). The van der Waals surface area contributed by atoms with E-state index in [2.05, 4.69) is 19.2 Å². The summed E-state index contributed by atoms with van der Waals surface area (Å²) < 4.78 is 32.8. The number of carbonyl (C=O) groups is 2. The SMILES string of the molecule is CCC(C)C1COC(=O)N1C1CCN(S(=O)(=O)c2ccc(NC(C)=O)c(Cl)c2)CC1. The number of cyclic esters (lactones) is 1. The van der Waals surface area contributed by atoms with Gasteiger partial charge in [0.05, 0.1) is 21.6 Å². The maximum atomic E-state index is 13.1. The standard InChI is InChI=1S/C20H28ClN3O5S/c1-4-13(2)19-12-29-20(26)24(19)15-7-9-23(10-8-15)30(27,28)16-5-6-18(17(21)11-16)22-14(3)25/h5-6,11,13,15,19H,4,7-10,12H2,1-3H3,(H,22,25). The fourth-order valence-electron chi connectivity index (χ4n) is 4.03. The maximum Gasteiger partial charge on any atom is 0.410 e. The molecule has 10 heteroatoms. The number of anilines is 1. The van der Waals surface area contributed by atoms with Crippen molar-refractivity contribution in [1.29, 1.82) is 0 Å². The minimum Gasteiger partial charge on any atom is -0.447 e. The van der Waals surface area contributed by atoms with Gasteiger partial charge in [-0.15, -0.1) is 0 Å². The van der Waals surface area contributed by atoms with Crippen molar-refractivity contribution >= 4 is 39.3 Å². The fraction of sp³-hybridized carbons (Fsp3) is 0.600. The van der Waals surface area contributed by atoms with Gasteiger partial charge in [-0.05, 0) is 37.0 Å². The summed E-state index contributed by atoms with van der Waals surface area (Å²) in [7, 11) is -3.72. The number of benzene rings is 1. The van der Waals surface area contributed by atoms with Gasteiger partial charge in [0.25, 0.3) is 0 Å². The molecule has 2 amide bonds. The highest BCUT2D eigenvalue weighted by Gasteiger charge is 2.42. The highest BCUT2D eigenvalue weighted by molar-refractivity contribution is 7.89. The highest BCUT2D eigenvalue weighted by Crippen LogP contribution is 2.32. The molecule has 2 saturated heterocycles. The molecule has 30 heavy (non-hydrogen) atoms. The molecule has 2 fully saturated rings. The molecule has 2 heterocycles. The van der Waals surface area contributed by atoms with Gasteiger partial charge >= 0.3 is 6.09 Å². The lowest BCUT2D eigenvalue weighted by Crippen LogP contribution is -2.51. The van der Waals surface area contributed by atoms with Crippen LogP contribution in [0.25, 0.3) is 0 Å². The minimum absolute atomic E-state index is 0.0313. The average molecular weight is 458 g/mol. The van der Waals surface area contributed by atoms with E-state index in [0.717, 1.165) is 6.42 Å². The summed E-state index contributed by atoms with van der Waals surface area (Å²) in [5.41, 5.74) is 0.366. The summed E-state index contributed by atoms with van der Waals surface area (Å²) in [4.78, 5) is 25.4. The zero-order valence-corrected chi connectivity index (χ0v) is 19.0. The molecule has 0 bridgehead atoms. The number of rotatable bonds is 6. The van der Waals surface area contributed by atoms with Gasteiger partial charge in [-0.25, -0.2) is 13.2 Å². The van der Waals surface area contributed by atoms with Crippen LogP contribution in [0.2, 0.25) is 5.02 Å². The van der Waals surface area contributed by atoms with Crippen LogP contribution >= 0.6 is 11.6 Å². The molecule has 2 aliphatic rings. The number of halogens is 1. The molecular formula is C20H28ClN3O5S. The Balaban J connectivity index is 1.70. The minimum atomic E-state index is -3.72. The molecule has 0 aromatic heterocycles. The van der Waals surface area contributed by atoms with E-state index in [1.165, 1.54) is 29.4 Å². The predicted molar refractivity (Wildman–Crippen MR) is 114 cm³/mol. The van der Waals surface area contributed by atoms with E-state index >= 15 is 0 Å². The average Bonchev–Trinajstić information content (AvgIpc) is 3.10. The van der Waals surface area contributed by atoms with Crippen LogP contribution in [-0.4, -0.2) is 61.4 Å². The second-order valence-corrected chi connectivity index (χ2v) is 10.2. The molecule has 2 aliphatic heterocycles. The largest absolute Gasteiger partial charge is 0.447 e. The zero-order valence-electron chi connectivity index (χ0n) is 17.4. The first kappa shape index (κ1) is 22.8. The van der Waals surface area contributed by atoms with Crippen LogP contribution in [0.15, 0.2) is 23.1 Å². The van der Waals surface area contributed by atoms with Crippen molar-refractivity contribution in [2.75, 3.05) is 25.0 Å². The fourth-order valence-corrected chi connectivity index (χ4v) is 5.82. The van der Waals surface area contributed by atoms with Gasteiger partial charge in [0.15, 0.2) is 0 Å².